The highest BCUT2D eigenvalue weighted by molar-refractivity contribution is 5.48. The van der Waals surface area contributed by atoms with Crippen molar-refractivity contribution in [2.45, 2.75) is 13.8 Å². The molecule has 2 aliphatic heterocycles. The van der Waals surface area contributed by atoms with E-state index in [-0.39, 0.29) is 0 Å². The van der Waals surface area contributed by atoms with E-state index >= 15 is 0 Å². The lowest BCUT2D eigenvalue weighted by molar-refractivity contribution is 0.533. The van der Waals surface area contributed by atoms with Crippen LogP contribution >= 0.6 is 0 Å². The van der Waals surface area contributed by atoms with Crippen molar-refractivity contribution in [1.82, 2.24) is 20.2 Å². The van der Waals surface area contributed by atoms with Gasteiger partial charge in [0.05, 0.1) is 5.69 Å². The topological polar surface area (TPSA) is 58.0 Å². The van der Waals surface area contributed by atoms with Crippen LogP contribution in [-0.4, -0.2) is 46.3 Å². The average Bonchev–Trinajstić information content (AvgIpc) is 3.07. The smallest absolute Gasteiger partial charge is 0.151 e. The number of fused-ring (bicyclic) bond motifs is 1. The molecule has 2 aromatic rings. The van der Waals surface area contributed by atoms with E-state index in [4.69, 9.17) is 0 Å². The maximum absolute atomic E-state index is 4.45. The largest absolute Gasteiger partial charge is 0.356 e. The van der Waals surface area contributed by atoms with E-state index in [9.17, 15) is 0 Å². The van der Waals surface area contributed by atoms with Crippen LogP contribution in [0.25, 0.3) is 0 Å². The molecule has 2 saturated heterocycles. The van der Waals surface area contributed by atoms with E-state index in [1.54, 1.807) is 6.33 Å². The Hall–Kier alpha value is -2.24. The van der Waals surface area contributed by atoms with Crippen LogP contribution in [-0.2, 0) is 0 Å². The molecule has 22 heavy (non-hydrogen) atoms. The number of aromatic nitrogens is 4. The van der Waals surface area contributed by atoms with Gasteiger partial charge in [-0.3, -0.25) is 0 Å². The highest BCUT2D eigenvalue weighted by atomic mass is 15.3. The van der Waals surface area contributed by atoms with Crippen molar-refractivity contribution < 1.29 is 0 Å². The Morgan fingerprint density at radius 3 is 2.32 bits per heavy atom. The summed E-state index contributed by atoms with van der Waals surface area (Å²) >= 11 is 0. The molecule has 2 unspecified atom stereocenters. The van der Waals surface area contributed by atoms with E-state index < -0.39 is 0 Å². The van der Waals surface area contributed by atoms with Crippen molar-refractivity contribution in [3.05, 3.63) is 35.9 Å². The minimum atomic E-state index is 0.678. The quantitative estimate of drug-likeness (QED) is 0.836. The van der Waals surface area contributed by atoms with Gasteiger partial charge in [0.25, 0.3) is 0 Å². The minimum Gasteiger partial charge on any atom is -0.356 e. The maximum atomic E-state index is 4.45. The van der Waals surface area contributed by atoms with E-state index in [1.807, 2.05) is 19.2 Å². The van der Waals surface area contributed by atoms with Gasteiger partial charge in [0.2, 0.25) is 0 Å². The second kappa shape index (κ2) is 5.19. The van der Waals surface area contributed by atoms with Gasteiger partial charge in [-0.15, -0.1) is 5.10 Å². The fraction of sp³-hybridized carbons (Fsp3) is 0.500. The standard InChI is InChI=1S/C16H20N6/c1-11-5-17-10-18-16(11)22-8-13-6-21(7-14(13)9-22)15-4-3-12(2)19-20-15/h3-5,10,13-14H,6-9H2,1-2H3. The van der Waals surface area contributed by atoms with Crippen LogP contribution < -0.4 is 9.80 Å². The van der Waals surface area contributed by atoms with Crippen molar-refractivity contribution in [2.24, 2.45) is 11.8 Å². The molecule has 4 rings (SSSR count). The molecule has 0 spiro atoms. The zero-order valence-corrected chi connectivity index (χ0v) is 13.0. The number of aryl methyl sites for hydroxylation is 2. The van der Waals surface area contributed by atoms with Crippen molar-refractivity contribution in [3.63, 3.8) is 0 Å². The summed E-state index contributed by atoms with van der Waals surface area (Å²) < 4.78 is 0. The number of hydrogen-bond acceptors (Lipinski definition) is 6. The monoisotopic (exact) mass is 296 g/mol. The second-order valence-electron chi connectivity index (χ2n) is 6.39. The predicted octanol–water partition coefficient (Wildman–Crippen LogP) is 1.46. The second-order valence-corrected chi connectivity index (χ2v) is 6.39. The average molecular weight is 296 g/mol. The van der Waals surface area contributed by atoms with E-state index in [0.29, 0.717) is 11.8 Å². The molecule has 4 heterocycles. The van der Waals surface area contributed by atoms with Gasteiger partial charge >= 0.3 is 0 Å². The Morgan fingerprint density at radius 1 is 0.955 bits per heavy atom. The zero-order valence-electron chi connectivity index (χ0n) is 13.0. The number of rotatable bonds is 2. The molecular weight excluding hydrogens is 276 g/mol. The summed E-state index contributed by atoms with van der Waals surface area (Å²) in [5.74, 6) is 3.45. The molecule has 6 heteroatoms. The molecule has 0 N–H and O–H groups in total. The molecule has 0 aromatic carbocycles. The summed E-state index contributed by atoms with van der Waals surface area (Å²) in [6.45, 7) is 8.30. The lowest BCUT2D eigenvalue weighted by atomic mass is 10.0. The van der Waals surface area contributed by atoms with Crippen molar-refractivity contribution >= 4 is 11.6 Å². The van der Waals surface area contributed by atoms with Gasteiger partial charge in [-0.2, -0.15) is 5.10 Å². The fourth-order valence-corrected chi connectivity index (χ4v) is 3.64. The zero-order chi connectivity index (χ0) is 15.1. The van der Waals surface area contributed by atoms with Gasteiger partial charge in [0.15, 0.2) is 5.82 Å². The molecule has 2 aliphatic rings. The molecule has 0 saturated carbocycles. The van der Waals surface area contributed by atoms with Crippen LogP contribution in [0.4, 0.5) is 11.6 Å². The van der Waals surface area contributed by atoms with Gasteiger partial charge in [-0.1, -0.05) is 0 Å². The van der Waals surface area contributed by atoms with Gasteiger partial charge in [-0.05, 0) is 26.0 Å². The summed E-state index contributed by atoms with van der Waals surface area (Å²) in [5.41, 5.74) is 2.12. The Labute approximate surface area is 130 Å². The Kier molecular flexibility index (Phi) is 3.17. The lowest BCUT2D eigenvalue weighted by Gasteiger charge is -2.23. The highest BCUT2D eigenvalue weighted by Gasteiger charge is 2.41. The number of anilines is 2. The summed E-state index contributed by atoms with van der Waals surface area (Å²) in [6, 6.07) is 4.11. The summed E-state index contributed by atoms with van der Waals surface area (Å²) in [4.78, 5) is 13.3. The highest BCUT2D eigenvalue weighted by Crippen LogP contribution is 2.35. The van der Waals surface area contributed by atoms with Gasteiger partial charge in [0, 0.05) is 49.8 Å². The van der Waals surface area contributed by atoms with Crippen LogP contribution in [0.2, 0.25) is 0 Å². The lowest BCUT2D eigenvalue weighted by Crippen LogP contribution is -2.30. The molecule has 2 atom stereocenters. The van der Waals surface area contributed by atoms with Crippen molar-refractivity contribution in [2.75, 3.05) is 36.0 Å². The molecule has 0 bridgehead atoms. The first-order valence-electron chi connectivity index (χ1n) is 7.77. The van der Waals surface area contributed by atoms with Crippen LogP contribution in [0.5, 0.6) is 0 Å². The van der Waals surface area contributed by atoms with E-state index in [2.05, 4.69) is 43.0 Å². The molecule has 6 nitrogen and oxygen atoms in total. The van der Waals surface area contributed by atoms with E-state index in [1.165, 1.54) is 0 Å². The van der Waals surface area contributed by atoms with Gasteiger partial charge < -0.3 is 9.80 Å². The molecular formula is C16H20N6. The van der Waals surface area contributed by atoms with Crippen LogP contribution in [0.15, 0.2) is 24.7 Å². The normalized spacial score (nSPS) is 23.9. The fourth-order valence-electron chi connectivity index (χ4n) is 3.64. The van der Waals surface area contributed by atoms with E-state index in [0.717, 1.165) is 49.1 Å². The van der Waals surface area contributed by atoms with Gasteiger partial charge in [0.1, 0.15) is 12.1 Å². The first kappa shape index (κ1) is 13.4. The van der Waals surface area contributed by atoms with Crippen molar-refractivity contribution in [1.29, 1.82) is 0 Å². The third-order valence-corrected chi connectivity index (χ3v) is 4.76. The minimum absolute atomic E-state index is 0.678. The first-order valence-corrected chi connectivity index (χ1v) is 7.77. The third-order valence-electron chi connectivity index (χ3n) is 4.76. The molecule has 0 aliphatic carbocycles. The number of nitrogens with zero attached hydrogens (tertiary/aromatic N) is 6. The molecule has 0 radical (unpaired) electrons. The Morgan fingerprint density at radius 2 is 1.68 bits per heavy atom. The van der Waals surface area contributed by atoms with Crippen LogP contribution in [0, 0.1) is 25.7 Å². The van der Waals surface area contributed by atoms with Crippen LogP contribution in [0.3, 0.4) is 0 Å². The molecule has 2 fully saturated rings. The molecule has 114 valence electrons. The summed E-state index contributed by atoms with van der Waals surface area (Å²) in [7, 11) is 0. The van der Waals surface area contributed by atoms with Crippen molar-refractivity contribution in [3.8, 4) is 0 Å². The molecule has 0 amide bonds. The number of hydrogen-bond donors (Lipinski definition) is 0. The summed E-state index contributed by atoms with van der Waals surface area (Å²) in [6.07, 6.45) is 3.54. The maximum Gasteiger partial charge on any atom is 0.151 e. The van der Waals surface area contributed by atoms with Gasteiger partial charge in [-0.25, -0.2) is 9.97 Å². The van der Waals surface area contributed by atoms with Crippen LogP contribution in [0.1, 0.15) is 11.3 Å². The predicted molar refractivity (Wildman–Crippen MR) is 84.9 cm³/mol. The molecule has 2 aromatic heterocycles. The summed E-state index contributed by atoms with van der Waals surface area (Å²) in [5, 5.41) is 8.49. The SMILES string of the molecule is Cc1ccc(N2CC3CN(c4ncncc4C)CC3C2)nn1. The Bertz CT molecular complexity index is 657. The Balaban J connectivity index is 1.46. The first-order chi connectivity index (χ1) is 10.7. The third kappa shape index (κ3) is 2.28.